The van der Waals surface area contributed by atoms with E-state index in [9.17, 15) is 9.59 Å². The van der Waals surface area contributed by atoms with Crippen LogP contribution in [0.5, 0.6) is 0 Å². The normalized spacial score (nSPS) is 22.4. The summed E-state index contributed by atoms with van der Waals surface area (Å²) in [5, 5.41) is 9.69. The standard InChI is InChI=1S/C18H16N4O2/c1-11-8-9-14(10-12(11)2)22-16-15(19-20-22)17(23)21(18(16)24)13-6-4-3-5-7-13/h3-10,15-16H,1-2H3/t15-,16-/m0/s1. The van der Waals surface area contributed by atoms with Crippen molar-refractivity contribution in [2.24, 2.45) is 10.3 Å². The Kier molecular flexibility index (Phi) is 3.19. The molecule has 0 radical (unpaired) electrons. The summed E-state index contributed by atoms with van der Waals surface area (Å²) < 4.78 is 0. The van der Waals surface area contributed by atoms with Crippen LogP contribution in [0.4, 0.5) is 11.4 Å². The van der Waals surface area contributed by atoms with E-state index in [-0.39, 0.29) is 11.8 Å². The molecular weight excluding hydrogens is 304 g/mol. The van der Waals surface area contributed by atoms with Gasteiger partial charge >= 0.3 is 0 Å². The third-order valence-electron chi connectivity index (χ3n) is 4.55. The van der Waals surface area contributed by atoms with E-state index in [1.807, 2.05) is 38.1 Å². The van der Waals surface area contributed by atoms with E-state index >= 15 is 0 Å². The number of anilines is 2. The Morgan fingerprint density at radius 3 is 2.33 bits per heavy atom. The number of fused-ring (bicyclic) bond motifs is 1. The zero-order valence-corrected chi connectivity index (χ0v) is 13.4. The van der Waals surface area contributed by atoms with Gasteiger partial charge in [0.2, 0.25) is 0 Å². The maximum atomic E-state index is 12.9. The van der Waals surface area contributed by atoms with Crippen LogP contribution in [0.1, 0.15) is 11.1 Å². The molecule has 2 aliphatic rings. The summed E-state index contributed by atoms with van der Waals surface area (Å²) in [6.07, 6.45) is 0. The third-order valence-corrected chi connectivity index (χ3v) is 4.55. The lowest BCUT2D eigenvalue weighted by Crippen LogP contribution is -2.39. The van der Waals surface area contributed by atoms with Gasteiger partial charge in [-0.15, -0.1) is 0 Å². The highest BCUT2D eigenvalue weighted by Gasteiger charge is 2.55. The first-order chi connectivity index (χ1) is 11.6. The van der Waals surface area contributed by atoms with Crippen molar-refractivity contribution in [2.75, 3.05) is 9.91 Å². The van der Waals surface area contributed by atoms with E-state index in [0.29, 0.717) is 5.69 Å². The highest BCUT2D eigenvalue weighted by atomic mass is 16.2. The van der Waals surface area contributed by atoms with Crippen LogP contribution >= 0.6 is 0 Å². The van der Waals surface area contributed by atoms with E-state index in [0.717, 1.165) is 16.8 Å². The maximum Gasteiger partial charge on any atom is 0.263 e. The molecule has 6 heteroatoms. The minimum Gasteiger partial charge on any atom is -0.271 e. The van der Waals surface area contributed by atoms with Crippen LogP contribution in [0.3, 0.4) is 0 Å². The Morgan fingerprint density at radius 1 is 0.875 bits per heavy atom. The van der Waals surface area contributed by atoms with Gasteiger partial charge in [0, 0.05) is 0 Å². The first kappa shape index (κ1) is 14.6. The van der Waals surface area contributed by atoms with Gasteiger partial charge in [-0.3, -0.25) is 9.59 Å². The van der Waals surface area contributed by atoms with Crippen LogP contribution in [0, 0.1) is 13.8 Å². The molecule has 0 unspecified atom stereocenters. The fourth-order valence-corrected chi connectivity index (χ4v) is 3.07. The third kappa shape index (κ3) is 2.03. The first-order valence-corrected chi connectivity index (χ1v) is 7.78. The van der Waals surface area contributed by atoms with Crippen LogP contribution in [-0.2, 0) is 9.59 Å². The van der Waals surface area contributed by atoms with Crippen molar-refractivity contribution in [3.63, 3.8) is 0 Å². The van der Waals surface area contributed by atoms with Crippen molar-refractivity contribution in [1.82, 2.24) is 0 Å². The number of carbonyl (C=O) groups is 2. The lowest BCUT2D eigenvalue weighted by Gasteiger charge is -2.21. The Labute approximate surface area is 139 Å². The molecular formula is C18H16N4O2. The lowest BCUT2D eigenvalue weighted by molar-refractivity contribution is -0.121. The highest BCUT2D eigenvalue weighted by Crippen LogP contribution is 2.35. The van der Waals surface area contributed by atoms with E-state index in [1.54, 1.807) is 29.3 Å². The van der Waals surface area contributed by atoms with E-state index in [4.69, 9.17) is 0 Å². The monoisotopic (exact) mass is 320 g/mol. The zero-order valence-electron chi connectivity index (χ0n) is 13.4. The molecule has 120 valence electrons. The van der Waals surface area contributed by atoms with E-state index in [2.05, 4.69) is 10.3 Å². The molecule has 1 saturated heterocycles. The number of hydrogen-bond acceptors (Lipinski definition) is 5. The number of imide groups is 1. The molecule has 2 heterocycles. The number of benzene rings is 2. The topological polar surface area (TPSA) is 65.3 Å². The van der Waals surface area contributed by atoms with Crippen LogP contribution < -0.4 is 9.91 Å². The summed E-state index contributed by atoms with van der Waals surface area (Å²) in [5.74, 6) is -0.620. The molecule has 0 saturated carbocycles. The van der Waals surface area contributed by atoms with Crippen LogP contribution in [0.15, 0.2) is 58.9 Å². The average Bonchev–Trinajstić information content (AvgIpc) is 3.12. The van der Waals surface area contributed by atoms with Gasteiger partial charge in [-0.25, -0.2) is 9.91 Å². The quantitative estimate of drug-likeness (QED) is 0.799. The van der Waals surface area contributed by atoms with Crippen molar-refractivity contribution >= 4 is 23.2 Å². The van der Waals surface area contributed by atoms with Gasteiger partial charge in [0.1, 0.15) is 0 Å². The second-order valence-electron chi connectivity index (χ2n) is 6.06. The molecule has 2 atom stereocenters. The lowest BCUT2D eigenvalue weighted by atomic mass is 10.1. The molecule has 1 fully saturated rings. The van der Waals surface area contributed by atoms with E-state index in [1.165, 1.54) is 4.90 Å². The van der Waals surface area contributed by atoms with Crippen molar-refractivity contribution in [3.05, 3.63) is 59.7 Å². The molecule has 2 amide bonds. The highest BCUT2D eigenvalue weighted by molar-refractivity contribution is 6.26. The van der Waals surface area contributed by atoms with Crippen molar-refractivity contribution < 1.29 is 9.59 Å². The molecule has 24 heavy (non-hydrogen) atoms. The van der Waals surface area contributed by atoms with Gasteiger partial charge in [0.05, 0.1) is 11.4 Å². The molecule has 2 aromatic carbocycles. The summed E-state index contributed by atoms with van der Waals surface area (Å²) in [6, 6.07) is 13.3. The predicted molar refractivity (Wildman–Crippen MR) is 89.8 cm³/mol. The number of carbonyl (C=O) groups excluding carboxylic acids is 2. The fraction of sp³-hybridized carbons (Fsp3) is 0.222. The Balaban J connectivity index is 1.71. The molecule has 0 aromatic heterocycles. The first-order valence-electron chi connectivity index (χ1n) is 7.78. The molecule has 0 spiro atoms. The number of para-hydroxylation sites is 1. The molecule has 2 aliphatic heterocycles. The molecule has 0 bridgehead atoms. The largest absolute Gasteiger partial charge is 0.271 e. The summed E-state index contributed by atoms with van der Waals surface area (Å²) in [5.41, 5.74) is 3.59. The van der Waals surface area contributed by atoms with Crippen LogP contribution in [0.2, 0.25) is 0 Å². The van der Waals surface area contributed by atoms with Gasteiger partial charge in [-0.05, 0) is 49.2 Å². The van der Waals surface area contributed by atoms with Gasteiger partial charge in [0.25, 0.3) is 11.8 Å². The van der Waals surface area contributed by atoms with Crippen molar-refractivity contribution in [3.8, 4) is 0 Å². The molecule has 0 aliphatic carbocycles. The van der Waals surface area contributed by atoms with Gasteiger partial charge < -0.3 is 0 Å². The number of rotatable bonds is 2. The molecule has 6 nitrogen and oxygen atoms in total. The van der Waals surface area contributed by atoms with Crippen molar-refractivity contribution in [1.29, 1.82) is 0 Å². The second kappa shape index (κ2) is 5.26. The Morgan fingerprint density at radius 2 is 1.62 bits per heavy atom. The SMILES string of the molecule is Cc1ccc(N2N=N[C@@H]3C(=O)N(c4ccccc4)C(=O)[C@H]32)cc1C. The summed E-state index contributed by atoms with van der Waals surface area (Å²) >= 11 is 0. The second-order valence-corrected chi connectivity index (χ2v) is 6.06. The molecule has 2 aromatic rings. The van der Waals surface area contributed by atoms with Gasteiger partial charge in [-0.1, -0.05) is 29.5 Å². The molecule has 4 rings (SSSR count). The van der Waals surface area contributed by atoms with Gasteiger partial charge in [0.15, 0.2) is 12.1 Å². The fourth-order valence-electron chi connectivity index (χ4n) is 3.07. The number of hydrogen-bond donors (Lipinski definition) is 0. The zero-order chi connectivity index (χ0) is 16.8. The number of aryl methyl sites for hydroxylation is 2. The predicted octanol–water partition coefficient (Wildman–Crippen LogP) is 2.80. The minimum absolute atomic E-state index is 0.292. The number of nitrogens with zero attached hydrogens (tertiary/aromatic N) is 4. The van der Waals surface area contributed by atoms with Crippen LogP contribution in [-0.4, -0.2) is 23.9 Å². The maximum absolute atomic E-state index is 12.9. The minimum atomic E-state index is -0.778. The summed E-state index contributed by atoms with van der Waals surface area (Å²) in [7, 11) is 0. The van der Waals surface area contributed by atoms with E-state index < -0.39 is 12.1 Å². The average molecular weight is 320 g/mol. The summed E-state index contributed by atoms with van der Waals surface area (Å²) in [6.45, 7) is 4.02. The Bertz CT molecular complexity index is 863. The van der Waals surface area contributed by atoms with Gasteiger partial charge in [-0.2, -0.15) is 5.11 Å². The van der Waals surface area contributed by atoms with Crippen molar-refractivity contribution in [2.45, 2.75) is 25.9 Å². The smallest absolute Gasteiger partial charge is 0.263 e. The Hall–Kier alpha value is -3.02. The van der Waals surface area contributed by atoms with Crippen LogP contribution in [0.25, 0.3) is 0 Å². The molecule has 0 N–H and O–H groups in total. The summed E-state index contributed by atoms with van der Waals surface area (Å²) in [4.78, 5) is 26.7. The number of amides is 2.